The number of alkyl halides is 2. The van der Waals surface area contributed by atoms with Gasteiger partial charge in [0.1, 0.15) is 11.8 Å². The van der Waals surface area contributed by atoms with E-state index in [4.69, 9.17) is 10.00 Å². The summed E-state index contributed by atoms with van der Waals surface area (Å²) in [5.41, 5.74) is 1.54. The van der Waals surface area contributed by atoms with E-state index < -0.39 is 43.3 Å². The highest BCUT2D eigenvalue weighted by molar-refractivity contribution is 6.02. The van der Waals surface area contributed by atoms with Crippen LogP contribution in [-0.2, 0) is 4.79 Å². The molecule has 0 aliphatic carbocycles. The number of methoxy groups -OCH3 is 1. The van der Waals surface area contributed by atoms with Crippen molar-refractivity contribution in [2.24, 2.45) is 0 Å². The first-order valence-electron chi connectivity index (χ1n) is 8.78. The van der Waals surface area contributed by atoms with Gasteiger partial charge in [0.05, 0.1) is 31.8 Å². The van der Waals surface area contributed by atoms with Gasteiger partial charge in [-0.05, 0) is 23.8 Å². The first-order chi connectivity index (χ1) is 13.8. The van der Waals surface area contributed by atoms with Crippen LogP contribution in [0.25, 0.3) is 11.1 Å². The number of pyridine rings is 1. The van der Waals surface area contributed by atoms with Crippen molar-refractivity contribution in [2.75, 3.05) is 20.2 Å². The summed E-state index contributed by atoms with van der Waals surface area (Å²) in [6.07, 6.45) is 2.26. The van der Waals surface area contributed by atoms with E-state index in [1.165, 1.54) is 18.5 Å². The highest BCUT2D eigenvalue weighted by Crippen LogP contribution is 2.31. The predicted molar refractivity (Wildman–Crippen MR) is 99.2 cm³/mol. The highest BCUT2D eigenvalue weighted by atomic mass is 19.3. The summed E-state index contributed by atoms with van der Waals surface area (Å²) in [5, 5.41) is 11.4. The number of benzene rings is 1. The van der Waals surface area contributed by atoms with E-state index in [0.29, 0.717) is 11.3 Å². The van der Waals surface area contributed by atoms with E-state index >= 15 is 0 Å². The molecule has 0 bridgehead atoms. The van der Waals surface area contributed by atoms with Gasteiger partial charge in [0, 0.05) is 24.4 Å². The SMILES string of the molecule is COc1ccc(-c2cnccc2C(=O)NCC(=O)N2CC(F)(F)C[C@H]2C#N)cc1. The zero-order valence-corrected chi connectivity index (χ0v) is 15.6. The standard InChI is InChI=1S/C20H18F2N4O3/c1-29-15-4-2-13(3-5-15)17-10-24-7-6-16(17)19(28)25-11-18(27)26-12-20(21,22)8-14(26)9-23/h2-7,10,14H,8,11-12H2,1H3,(H,25,28)/t14-/m0/s1. The zero-order chi connectivity index (χ0) is 21.0. The van der Waals surface area contributed by atoms with Crippen molar-refractivity contribution in [3.05, 3.63) is 48.3 Å². The predicted octanol–water partition coefficient (Wildman–Crippen LogP) is 2.25. The lowest BCUT2D eigenvalue weighted by atomic mass is 10.0. The maximum absolute atomic E-state index is 13.5. The van der Waals surface area contributed by atoms with Crippen LogP contribution in [0.3, 0.4) is 0 Å². The van der Waals surface area contributed by atoms with Gasteiger partial charge in [0.15, 0.2) is 0 Å². The quantitative estimate of drug-likeness (QED) is 0.831. The van der Waals surface area contributed by atoms with Crippen LogP contribution in [0.5, 0.6) is 5.75 Å². The van der Waals surface area contributed by atoms with Gasteiger partial charge in [-0.2, -0.15) is 5.26 Å². The first-order valence-corrected chi connectivity index (χ1v) is 8.78. The molecular formula is C20H18F2N4O3. The van der Waals surface area contributed by atoms with Gasteiger partial charge in [0.25, 0.3) is 11.8 Å². The van der Waals surface area contributed by atoms with Crippen LogP contribution >= 0.6 is 0 Å². The third-order valence-corrected chi connectivity index (χ3v) is 4.61. The number of hydrogen-bond acceptors (Lipinski definition) is 5. The summed E-state index contributed by atoms with van der Waals surface area (Å²) in [6.45, 7) is -1.32. The molecular weight excluding hydrogens is 382 g/mol. The van der Waals surface area contributed by atoms with Gasteiger partial charge in [0.2, 0.25) is 5.91 Å². The zero-order valence-electron chi connectivity index (χ0n) is 15.6. The van der Waals surface area contributed by atoms with Crippen LogP contribution in [0.2, 0.25) is 0 Å². The van der Waals surface area contributed by atoms with Gasteiger partial charge >= 0.3 is 0 Å². The van der Waals surface area contributed by atoms with Crippen LogP contribution < -0.4 is 10.1 Å². The van der Waals surface area contributed by atoms with Crippen LogP contribution in [0, 0.1) is 11.3 Å². The normalized spacial score (nSPS) is 17.4. The van der Waals surface area contributed by atoms with Gasteiger partial charge in [-0.15, -0.1) is 0 Å². The van der Waals surface area contributed by atoms with Crippen LogP contribution in [0.1, 0.15) is 16.8 Å². The number of halogens is 2. The highest BCUT2D eigenvalue weighted by Gasteiger charge is 2.47. The molecule has 2 heterocycles. The molecule has 2 aromatic rings. The number of nitrogens with zero attached hydrogens (tertiary/aromatic N) is 3. The fourth-order valence-electron chi connectivity index (χ4n) is 3.14. The summed E-state index contributed by atoms with van der Waals surface area (Å²) in [4.78, 5) is 29.7. The summed E-state index contributed by atoms with van der Waals surface area (Å²) >= 11 is 0. The molecule has 9 heteroatoms. The second-order valence-electron chi connectivity index (χ2n) is 6.56. The summed E-state index contributed by atoms with van der Waals surface area (Å²) < 4.78 is 32.1. The average Bonchev–Trinajstić information content (AvgIpc) is 3.06. The fraction of sp³-hybridized carbons (Fsp3) is 0.300. The number of rotatable bonds is 5. The maximum Gasteiger partial charge on any atom is 0.268 e. The molecule has 1 atom stereocenters. The number of amides is 2. The Morgan fingerprint density at radius 3 is 2.72 bits per heavy atom. The Hall–Kier alpha value is -3.54. The minimum atomic E-state index is -3.10. The number of nitrogens with one attached hydrogen (secondary N) is 1. The molecule has 1 N–H and O–H groups in total. The third kappa shape index (κ3) is 4.48. The molecule has 1 saturated heterocycles. The molecule has 29 heavy (non-hydrogen) atoms. The van der Waals surface area contributed by atoms with Crippen molar-refractivity contribution in [2.45, 2.75) is 18.4 Å². The fourth-order valence-corrected chi connectivity index (χ4v) is 3.14. The molecule has 3 rings (SSSR count). The van der Waals surface area contributed by atoms with E-state index in [1.54, 1.807) is 37.4 Å². The smallest absolute Gasteiger partial charge is 0.268 e. The van der Waals surface area contributed by atoms with Crippen molar-refractivity contribution in [3.63, 3.8) is 0 Å². The number of ether oxygens (including phenoxy) is 1. The molecule has 150 valence electrons. The maximum atomic E-state index is 13.5. The van der Waals surface area contributed by atoms with Gasteiger partial charge in [-0.3, -0.25) is 14.6 Å². The Balaban J connectivity index is 1.72. The molecule has 0 unspecified atom stereocenters. The second-order valence-corrected chi connectivity index (χ2v) is 6.56. The lowest BCUT2D eigenvalue weighted by Gasteiger charge is -2.19. The van der Waals surface area contributed by atoms with Crippen molar-refractivity contribution < 1.29 is 23.1 Å². The topological polar surface area (TPSA) is 95.3 Å². The van der Waals surface area contributed by atoms with Crippen molar-refractivity contribution in [3.8, 4) is 22.9 Å². The number of carbonyl (C=O) groups excluding carboxylic acids is 2. The minimum absolute atomic E-state index is 0.279. The molecule has 2 amide bonds. The first kappa shape index (κ1) is 20.2. The van der Waals surface area contributed by atoms with Crippen LogP contribution in [-0.4, -0.2) is 53.9 Å². The van der Waals surface area contributed by atoms with Crippen LogP contribution in [0.15, 0.2) is 42.7 Å². The molecule has 1 aromatic carbocycles. The third-order valence-electron chi connectivity index (χ3n) is 4.61. The van der Waals surface area contributed by atoms with E-state index in [-0.39, 0.29) is 5.56 Å². The minimum Gasteiger partial charge on any atom is -0.497 e. The van der Waals surface area contributed by atoms with Crippen molar-refractivity contribution in [1.29, 1.82) is 5.26 Å². The largest absolute Gasteiger partial charge is 0.497 e. The number of hydrogen-bond donors (Lipinski definition) is 1. The monoisotopic (exact) mass is 400 g/mol. The van der Waals surface area contributed by atoms with Crippen molar-refractivity contribution in [1.82, 2.24) is 15.2 Å². The van der Waals surface area contributed by atoms with E-state index in [0.717, 1.165) is 10.5 Å². The summed E-state index contributed by atoms with van der Waals surface area (Å²) in [7, 11) is 1.54. The average molecular weight is 400 g/mol. The Labute approximate surface area is 165 Å². The van der Waals surface area contributed by atoms with Gasteiger partial charge in [-0.25, -0.2) is 8.78 Å². The van der Waals surface area contributed by atoms with Gasteiger partial charge in [-0.1, -0.05) is 12.1 Å². The van der Waals surface area contributed by atoms with Crippen LogP contribution in [0.4, 0.5) is 8.78 Å². The number of likely N-dealkylation sites (tertiary alicyclic amines) is 1. The number of carbonyl (C=O) groups is 2. The van der Waals surface area contributed by atoms with Crippen molar-refractivity contribution >= 4 is 11.8 Å². The molecule has 7 nitrogen and oxygen atoms in total. The van der Waals surface area contributed by atoms with E-state index in [1.807, 2.05) is 0 Å². The molecule has 1 aliphatic heterocycles. The Bertz CT molecular complexity index is 957. The molecule has 1 aromatic heterocycles. The molecule has 0 radical (unpaired) electrons. The second kappa shape index (κ2) is 8.22. The number of nitriles is 1. The van der Waals surface area contributed by atoms with E-state index in [9.17, 15) is 18.4 Å². The van der Waals surface area contributed by atoms with Gasteiger partial charge < -0.3 is 15.0 Å². The Morgan fingerprint density at radius 1 is 1.34 bits per heavy atom. The summed E-state index contributed by atoms with van der Waals surface area (Å²) in [5.74, 6) is -3.73. The lowest BCUT2D eigenvalue weighted by molar-refractivity contribution is -0.131. The molecule has 1 fully saturated rings. The van der Waals surface area contributed by atoms with E-state index in [2.05, 4.69) is 10.3 Å². The number of aromatic nitrogens is 1. The Kier molecular flexibility index (Phi) is 5.73. The lowest BCUT2D eigenvalue weighted by Crippen LogP contribution is -2.43. The Morgan fingerprint density at radius 2 is 2.07 bits per heavy atom. The molecule has 1 aliphatic rings. The molecule has 0 saturated carbocycles. The molecule has 0 spiro atoms. The summed E-state index contributed by atoms with van der Waals surface area (Å²) in [6, 6.07) is 9.01.